The lowest BCUT2D eigenvalue weighted by Crippen LogP contribution is -2.37. The fraction of sp³-hybridized carbons (Fsp3) is 0.517. The van der Waals surface area contributed by atoms with Crippen LogP contribution >= 0.6 is 0 Å². The molecule has 1 aromatic carbocycles. The molecule has 1 aliphatic rings. The number of hydrogen-bond acceptors (Lipinski definition) is 8. The van der Waals surface area contributed by atoms with Gasteiger partial charge in [-0.1, -0.05) is 6.07 Å². The number of aromatic nitrogens is 3. The molecule has 3 N–H and O–H groups in total. The molecule has 3 heterocycles. The maximum atomic E-state index is 13.2. The molecule has 0 unspecified atom stereocenters. The number of aryl methyl sites for hydroxylation is 3. The number of benzene rings is 1. The summed E-state index contributed by atoms with van der Waals surface area (Å²) >= 11 is 0. The van der Waals surface area contributed by atoms with Gasteiger partial charge in [-0.15, -0.1) is 0 Å². The molecule has 2 aromatic heterocycles. The normalized spacial score (nSPS) is 14.1. The first-order valence-electron chi connectivity index (χ1n) is 13.9. The Hall–Kier alpha value is -3.51. The molecule has 0 radical (unpaired) electrons. The van der Waals surface area contributed by atoms with E-state index in [1.54, 1.807) is 14.0 Å². The third-order valence-electron chi connectivity index (χ3n) is 7.20. The average molecular weight is 575 g/mol. The summed E-state index contributed by atoms with van der Waals surface area (Å²) < 4.78 is 44.9. The van der Waals surface area contributed by atoms with Gasteiger partial charge >= 0.3 is 12.1 Å². The molecule has 0 saturated heterocycles. The maximum absolute atomic E-state index is 13.2. The van der Waals surface area contributed by atoms with E-state index in [1.165, 1.54) is 11.6 Å². The molecule has 1 atom stereocenters. The van der Waals surface area contributed by atoms with Crippen molar-refractivity contribution in [2.24, 2.45) is 0 Å². The predicted molar refractivity (Wildman–Crippen MR) is 151 cm³/mol. The van der Waals surface area contributed by atoms with Gasteiger partial charge in [-0.05, 0) is 81.8 Å². The van der Waals surface area contributed by atoms with Crippen molar-refractivity contribution in [2.45, 2.75) is 57.7 Å². The number of unbranched alkanes of at least 4 members (excludes halogenated alkanes) is 1. The number of nitrogens with zero attached hydrogens (tertiary/aromatic N) is 4. The molecule has 41 heavy (non-hydrogen) atoms. The second kappa shape index (κ2) is 13.9. The molecule has 1 aliphatic heterocycles. The standard InChI is InChI=1S/C29H37F3N6O3/c1-19-34-25-18-21(29(30,31)32)9-11-23(25)27(35-19)37-24(28(39)40)12-15-38(16-17-41-2)14-4-3-7-22-10-8-20-6-5-13-33-26(20)36-22/h8-11,18,24H,3-7,12-17H2,1-2H3,(H,33,36)(H,39,40)(H,34,35,37)/t24-/m0/s1. The number of carboxylic acids is 1. The van der Waals surface area contributed by atoms with E-state index in [0.29, 0.717) is 25.1 Å². The Balaban J connectivity index is 1.36. The molecule has 4 rings (SSSR count). The number of halogens is 3. The summed E-state index contributed by atoms with van der Waals surface area (Å²) in [5.74, 6) is 0.369. The number of hydrogen-bond donors (Lipinski definition) is 3. The topological polar surface area (TPSA) is 113 Å². The summed E-state index contributed by atoms with van der Waals surface area (Å²) in [5, 5.41) is 16.6. The van der Waals surface area contributed by atoms with Gasteiger partial charge in [0.1, 0.15) is 23.5 Å². The summed E-state index contributed by atoms with van der Waals surface area (Å²) in [6.07, 6.45) is 0.666. The lowest BCUT2D eigenvalue weighted by Gasteiger charge is -2.24. The number of methoxy groups -OCH3 is 1. The Labute approximate surface area is 237 Å². The number of pyridine rings is 1. The van der Waals surface area contributed by atoms with E-state index >= 15 is 0 Å². The number of anilines is 2. The zero-order chi connectivity index (χ0) is 29.4. The van der Waals surface area contributed by atoms with E-state index in [9.17, 15) is 23.1 Å². The second-order valence-corrected chi connectivity index (χ2v) is 10.3. The summed E-state index contributed by atoms with van der Waals surface area (Å²) in [5.41, 5.74) is 1.61. The Morgan fingerprint density at radius 3 is 2.73 bits per heavy atom. The second-order valence-electron chi connectivity index (χ2n) is 10.3. The van der Waals surface area contributed by atoms with Crippen molar-refractivity contribution in [3.63, 3.8) is 0 Å². The van der Waals surface area contributed by atoms with Crippen molar-refractivity contribution in [1.82, 2.24) is 19.9 Å². The van der Waals surface area contributed by atoms with Crippen LogP contribution in [-0.2, 0) is 28.5 Å². The van der Waals surface area contributed by atoms with Gasteiger partial charge in [0.25, 0.3) is 0 Å². The van der Waals surface area contributed by atoms with E-state index < -0.39 is 23.8 Å². The third kappa shape index (κ3) is 8.49. The first-order valence-corrected chi connectivity index (χ1v) is 13.9. The number of carbonyl (C=O) groups is 1. The van der Waals surface area contributed by atoms with Crippen LogP contribution in [0.5, 0.6) is 0 Å². The van der Waals surface area contributed by atoms with Gasteiger partial charge in [-0.3, -0.25) is 0 Å². The van der Waals surface area contributed by atoms with E-state index in [0.717, 1.165) is 68.8 Å². The molecule has 222 valence electrons. The van der Waals surface area contributed by atoms with Crippen molar-refractivity contribution in [2.75, 3.05) is 50.5 Å². The van der Waals surface area contributed by atoms with Crippen molar-refractivity contribution in [3.05, 3.63) is 53.0 Å². The molecule has 12 heteroatoms. The number of rotatable bonds is 14. The Morgan fingerprint density at radius 1 is 1.15 bits per heavy atom. The number of aliphatic carboxylic acids is 1. The predicted octanol–water partition coefficient (Wildman–Crippen LogP) is 4.94. The van der Waals surface area contributed by atoms with Crippen molar-refractivity contribution >= 4 is 28.5 Å². The van der Waals surface area contributed by atoms with Crippen LogP contribution in [-0.4, -0.2) is 76.9 Å². The average Bonchev–Trinajstić information content (AvgIpc) is 2.94. The Kier molecular flexibility index (Phi) is 10.3. The van der Waals surface area contributed by atoms with E-state index in [-0.39, 0.29) is 23.6 Å². The molecule has 3 aromatic rings. The van der Waals surface area contributed by atoms with Crippen LogP contribution in [0.1, 0.15) is 48.3 Å². The lowest BCUT2D eigenvalue weighted by atomic mass is 10.1. The summed E-state index contributed by atoms with van der Waals surface area (Å²) in [7, 11) is 1.63. The minimum absolute atomic E-state index is 0.102. The van der Waals surface area contributed by atoms with Crippen LogP contribution in [0.25, 0.3) is 10.9 Å². The Morgan fingerprint density at radius 2 is 1.98 bits per heavy atom. The van der Waals surface area contributed by atoms with E-state index in [2.05, 4.69) is 37.6 Å². The van der Waals surface area contributed by atoms with E-state index in [1.807, 2.05) is 0 Å². The minimum Gasteiger partial charge on any atom is -0.480 e. The van der Waals surface area contributed by atoms with E-state index in [4.69, 9.17) is 9.72 Å². The first kappa shape index (κ1) is 30.4. The minimum atomic E-state index is -4.51. The van der Waals surface area contributed by atoms with Gasteiger partial charge in [-0.2, -0.15) is 13.2 Å². The number of ether oxygens (including phenoxy) is 1. The number of nitrogens with one attached hydrogen (secondary N) is 2. The third-order valence-corrected chi connectivity index (χ3v) is 7.20. The van der Waals surface area contributed by atoms with Crippen LogP contribution < -0.4 is 10.6 Å². The van der Waals surface area contributed by atoms with Crippen LogP contribution in [0, 0.1) is 6.92 Å². The highest BCUT2D eigenvalue weighted by Crippen LogP contribution is 2.32. The smallest absolute Gasteiger partial charge is 0.416 e. The lowest BCUT2D eigenvalue weighted by molar-refractivity contribution is -0.138. The molecule has 9 nitrogen and oxygen atoms in total. The van der Waals surface area contributed by atoms with Crippen LogP contribution in [0.15, 0.2) is 30.3 Å². The molecule has 0 spiro atoms. The van der Waals surface area contributed by atoms with Gasteiger partial charge in [-0.25, -0.2) is 19.7 Å². The van der Waals surface area contributed by atoms with Gasteiger partial charge < -0.3 is 25.4 Å². The van der Waals surface area contributed by atoms with Gasteiger partial charge in [0.15, 0.2) is 0 Å². The zero-order valence-corrected chi connectivity index (χ0v) is 23.4. The molecule has 0 aliphatic carbocycles. The molecule has 0 saturated carbocycles. The molecule has 0 fully saturated rings. The van der Waals surface area contributed by atoms with Gasteiger partial charge in [0.05, 0.1) is 17.7 Å². The fourth-order valence-electron chi connectivity index (χ4n) is 4.97. The number of fused-ring (bicyclic) bond motifs is 2. The van der Waals surface area contributed by atoms with Gasteiger partial charge in [0, 0.05) is 37.8 Å². The summed E-state index contributed by atoms with van der Waals surface area (Å²) in [6.45, 7) is 4.95. The fourth-order valence-corrected chi connectivity index (χ4v) is 4.97. The van der Waals surface area contributed by atoms with Gasteiger partial charge in [0.2, 0.25) is 0 Å². The largest absolute Gasteiger partial charge is 0.480 e. The molecular formula is C29H37F3N6O3. The summed E-state index contributed by atoms with van der Waals surface area (Å²) in [4.78, 5) is 27.5. The highest BCUT2D eigenvalue weighted by molar-refractivity contribution is 5.91. The maximum Gasteiger partial charge on any atom is 0.416 e. The molecule has 0 bridgehead atoms. The SMILES string of the molecule is COCCN(CCCCc1ccc2c(n1)NCCC2)CC[C@H](Nc1nc(C)nc2cc(C(F)(F)F)ccc12)C(=O)O. The van der Waals surface area contributed by atoms with Crippen molar-refractivity contribution < 1.29 is 27.8 Å². The van der Waals surface area contributed by atoms with Crippen molar-refractivity contribution in [1.29, 1.82) is 0 Å². The number of carboxylic acid groups (broad SMARTS) is 1. The highest BCUT2D eigenvalue weighted by Gasteiger charge is 2.31. The first-order chi connectivity index (χ1) is 19.6. The summed E-state index contributed by atoms with van der Waals surface area (Å²) in [6, 6.07) is 6.44. The molecular weight excluding hydrogens is 537 g/mol. The monoisotopic (exact) mass is 574 g/mol. The number of alkyl halides is 3. The zero-order valence-electron chi connectivity index (χ0n) is 23.4. The van der Waals surface area contributed by atoms with Crippen molar-refractivity contribution in [3.8, 4) is 0 Å². The quantitative estimate of drug-likeness (QED) is 0.231. The molecule has 0 amide bonds. The van der Waals surface area contributed by atoms with Crippen LogP contribution in [0.3, 0.4) is 0 Å². The van der Waals surface area contributed by atoms with Crippen LogP contribution in [0.4, 0.5) is 24.8 Å². The Bertz CT molecular complexity index is 1340. The van der Waals surface area contributed by atoms with Crippen LogP contribution in [0.2, 0.25) is 0 Å². The highest BCUT2D eigenvalue weighted by atomic mass is 19.4.